The number of carbonyl (C=O) groups excluding carboxylic acids is 1. The maximum Gasteiger partial charge on any atom is 0.226 e. The summed E-state index contributed by atoms with van der Waals surface area (Å²) >= 11 is 0. The van der Waals surface area contributed by atoms with E-state index in [1.807, 2.05) is 35.2 Å². The van der Waals surface area contributed by atoms with Crippen molar-refractivity contribution in [3.05, 3.63) is 30.3 Å². The molecule has 128 valence electrons. The zero-order chi connectivity index (χ0) is 15.2. The van der Waals surface area contributed by atoms with Crippen molar-refractivity contribution in [2.75, 3.05) is 45.9 Å². The van der Waals surface area contributed by atoms with Crippen LogP contribution in [0.1, 0.15) is 12.8 Å². The number of piperazine rings is 1. The van der Waals surface area contributed by atoms with E-state index in [1.165, 1.54) is 0 Å². The third-order valence-electron chi connectivity index (χ3n) is 4.51. The van der Waals surface area contributed by atoms with Crippen molar-refractivity contribution in [1.29, 1.82) is 0 Å². The number of hydrogen-bond donors (Lipinski definition) is 1. The molecular formula is C17H26ClN3O2. The smallest absolute Gasteiger partial charge is 0.226 e. The highest BCUT2D eigenvalue weighted by molar-refractivity contribution is 5.85. The van der Waals surface area contributed by atoms with Crippen molar-refractivity contribution in [3.8, 4) is 5.75 Å². The Kier molecular flexibility index (Phi) is 7.15. The van der Waals surface area contributed by atoms with Gasteiger partial charge in [-0.3, -0.25) is 9.69 Å². The van der Waals surface area contributed by atoms with E-state index in [2.05, 4.69) is 10.2 Å². The van der Waals surface area contributed by atoms with E-state index >= 15 is 0 Å². The minimum absolute atomic E-state index is 0. The first-order valence-electron chi connectivity index (χ1n) is 8.23. The van der Waals surface area contributed by atoms with Crippen LogP contribution in [0.5, 0.6) is 5.75 Å². The van der Waals surface area contributed by atoms with Gasteiger partial charge in [0.1, 0.15) is 5.75 Å². The summed E-state index contributed by atoms with van der Waals surface area (Å²) in [7, 11) is 0. The summed E-state index contributed by atoms with van der Waals surface area (Å²) in [6, 6.07) is 10.2. The fourth-order valence-electron chi connectivity index (χ4n) is 3.24. The van der Waals surface area contributed by atoms with Crippen LogP contribution in [0.15, 0.2) is 30.3 Å². The zero-order valence-corrected chi connectivity index (χ0v) is 14.3. The van der Waals surface area contributed by atoms with Crippen LogP contribution in [0.25, 0.3) is 0 Å². The largest absolute Gasteiger partial charge is 0.493 e. The second kappa shape index (κ2) is 9.11. The topological polar surface area (TPSA) is 44.8 Å². The highest BCUT2D eigenvalue weighted by Gasteiger charge is 2.30. The normalized spacial score (nSPS) is 21.7. The minimum atomic E-state index is 0. The van der Waals surface area contributed by atoms with Gasteiger partial charge >= 0.3 is 0 Å². The molecule has 1 aromatic carbocycles. The highest BCUT2D eigenvalue weighted by Crippen LogP contribution is 2.17. The lowest BCUT2D eigenvalue weighted by atomic mass is 10.2. The molecule has 1 N–H and O–H groups in total. The van der Waals surface area contributed by atoms with E-state index in [4.69, 9.17) is 4.74 Å². The van der Waals surface area contributed by atoms with Gasteiger partial charge in [0.2, 0.25) is 5.91 Å². The predicted octanol–water partition coefficient (Wildman–Crippen LogP) is 1.38. The van der Waals surface area contributed by atoms with E-state index < -0.39 is 0 Å². The predicted molar refractivity (Wildman–Crippen MR) is 93.2 cm³/mol. The molecule has 0 saturated carbocycles. The van der Waals surface area contributed by atoms with Crippen molar-refractivity contribution >= 4 is 18.3 Å². The molecule has 1 atom stereocenters. The summed E-state index contributed by atoms with van der Waals surface area (Å²) in [4.78, 5) is 16.8. The van der Waals surface area contributed by atoms with E-state index in [1.54, 1.807) is 0 Å². The van der Waals surface area contributed by atoms with Crippen LogP contribution in [0, 0.1) is 0 Å². The van der Waals surface area contributed by atoms with Crippen molar-refractivity contribution in [2.24, 2.45) is 0 Å². The van der Waals surface area contributed by atoms with Crippen molar-refractivity contribution in [3.63, 3.8) is 0 Å². The molecule has 23 heavy (non-hydrogen) atoms. The molecule has 2 saturated heterocycles. The fourth-order valence-corrected chi connectivity index (χ4v) is 3.24. The zero-order valence-electron chi connectivity index (χ0n) is 13.4. The number of halogens is 1. The number of ether oxygens (including phenoxy) is 1. The number of nitrogens with zero attached hydrogens (tertiary/aromatic N) is 2. The van der Waals surface area contributed by atoms with Crippen LogP contribution in [0.4, 0.5) is 0 Å². The first kappa shape index (κ1) is 18.0. The Bertz CT molecular complexity index is 480. The van der Waals surface area contributed by atoms with Gasteiger partial charge in [-0.15, -0.1) is 12.4 Å². The number of hydrogen-bond acceptors (Lipinski definition) is 4. The molecule has 0 spiro atoms. The van der Waals surface area contributed by atoms with Crippen LogP contribution in [0.3, 0.4) is 0 Å². The van der Waals surface area contributed by atoms with Gasteiger partial charge in [0.05, 0.1) is 13.0 Å². The van der Waals surface area contributed by atoms with E-state index in [0.717, 1.165) is 51.4 Å². The lowest BCUT2D eigenvalue weighted by Crippen LogP contribution is -2.49. The SMILES string of the molecule is Cl.O=C(CCOc1ccccc1)N1CCC(N2CCNCC2)C1. The van der Waals surface area contributed by atoms with Gasteiger partial charge in [-0.1, -0.05) is 18.2 Å². The molecule has 0 bridgehead atoms. The Morgan fingerprint density at radius 1 is 1.17 bits per heavy atom. The quantitative estimate of drug-likeness (QED) is 0.880. The summed E-state index contributed by atoms with van der Waals surface area (Å²) in [5.41, 5.74) is 0. The maximum absolute atomic E-state index is 12.3. The number of rotatable bonds is 5. The van der Waals surface area contributed by atoms with Crippen molar-refractivity contribution in [1.82, 2.24) is 15.1 Å². The fraction of sp³-hybridized carbons (Fsp3) is 0.588. The molecule has 0 aliphatic carbocycles. The second-order valence-corrected chi connectivity index (χ2v) is 5.98. The Hall–Kier alpha value is -1.30. The Labute approximate surface area is 144 Å². The number of carbonyl (C=O) groups is 1. The number of para-hydroxylation sites is 1. The van der Waals surface area contributed by atoms with Crippen molar-refractivity contribution in [2.45, 2.75) is 18.9 Å². The molecular weight excluding hydrogens is 314 g/mol. The average Bonchev–Trinajstić information content (AvgIpc) is 3.07. The third-order valence-corrected chi connectivity index (χ3v) is 4.51. The first-order valence-corrected chi connectivity index (χ1v) is 8.23. The molecule has 1 aromatic rings. The van der Waals surface area contributed by atoms with Gasteiger partial charge in [0.15, 0.2) is 0 Å². The molecule has 3 rings (SSSR count). The van der Waals surface area contributed by atoms with Crippen LogP contribution < -0.4 is 10.1 Å². The Morgan fingerprint density at radius 2 is 1.91 bits per heavy atom. The highest BCUT2D eigenvalue weighted by atomic mass is 35.5. The van der Waals surface area contributed by atoms with Crippen LogP contribution in [-0.2, 0) is 4.79 Å². The molecule has 1 unspecified atom stereocenters. The number of benzene rings is 1. The summed E-state index contributed by atoms with van der Waals surface area (Å²) in [5, 5.41) is 3.38. The van der Waals surface area contributed by atoms with E-state index in [9.17, 15) is 4.79 Å². The number of likely N-dealkylation sites (tertiary alicyclic amines) is 1. The monoisotopic (exact) mass is 339 g/mol. The molecule has 2 heterocycles. The molecule has 1 amide bonds. The molecule has 2 aliphatic heterocycles. The second-order valence-electron chi connectivity index (χ2n) is 5.98. The number of nitrogens with one attached hydrogen (secondary N) is 1. The number of amides is 1. The lowest BCUT2D eigenvalue weighted by molar-refractivity contribution is -0.130. The first-order chi connectivity index (χ1) is 10.8. The molecule has 0 radical (unpaired) electrons. The summed E-state index contributed by atoms with van der Waals surface area (Å²) < 4.78 is 5.61. The van der Waals surface area contributed by atoms with Gasteiger partial charge in [0, 0.05) is 45.3 Å². The summed E-state index contributed by atoms with van der Waals surface area (Å²) in [5.74, 6) is 1.05. The summed E-state index contributed by atoms with van der Waals surface area (Å²) in [6.07, 6.45) is 1.56. The van der Waals surface area contributed by atoms with Gasteiger partial charge in [-0.05, 0) is 18.6 Å². The van der Waals surface area contributed by atoms with Crippen LogP contribution in [-0.4, -0.2) is 67.6 Å². The van der Waals surface area contributed by atoms with Gasteiger partial charge in [-0.2, -0.15) is 0 Å². The van der Waals surface area contributed by atoms with Gasteiger partial charge in [0.25, 0.3) is 0 Å². The molecule has 2 aliphatic rings. The van der Waals surface area contributed by atoms with E-state index in [0.29, 0.717) is 19.1 Å². The van der Waals surface area contributed by atoms with Crippen LogP contribution in [0.2, 0.25) is 0 Å². The standard InChI is InChI=1S/C17H25N3O2.ClH/c21-17(7-13-22-16-4-2-1-3-5-16)20-10-6-15(14-20)19-11-8-18-9-12-19;/h1-5,15,18H,6-14H2;1H. The molecule has 0 aromatic heterocycles. The summed E-state index contributed by atoms with van der Waals surface area (Å²) in [6.45, 7) is 6.55. The molecule has 5 nitrogen and oxygen atoms in total. The maximum atomic E-state index is 12.3. The lowest BCUT2D eigenvalue weighted by Gasteiger charge is -2.32. The average molecular weight is 340 g/mol. The minimum Gasteiger partial charge on any atom is -0.493 e. The van der Waals surface area contributed by atoms with Gasteiger partial charge in [-0.25, -0.2) is 0 Å². The Balaban J connectivity index is 0.00000192. The molecule has 6 heteroatoms. The van der Waals surface area contributed by atoms with Crippen LogP contribution >= 0.6 is 12.4 Å². The van der Waals surface area contributed by atoms with Gasteiger partial charge < -0.3 is 15.0 Å². The third kappa shape index (κ3) is 5.09. The van der Waals surface area contributed by atoms with E-state index in [-0.39, 0.29) is 18.3 Å². The Morgan fingerprint density at radius 3 is 2.65 bits per heavy atom. The molecule has 2 fully saturated rings. The van der Waals surface area contributed by atoms with Crippen molar-refractivity contribution < 1.29 is 9.53 Å².